The van der Waals surface area contributed by atoms with E-state index >= 15 is 0 Å². The lowest BCUT2D eigenvalue weighted by Crippen LogP contribution is -2.41. The maximum Gasteiger partial charge on any atom is 0.312 e. The molecule has 2 aliphatic carbocycles. The normalized spacial score (nSPS) is 37.8. The number of carbonyl (C=O) groups excluding carboxylic acids is 1. The fraction of sp³-hybridized carbons (Fsp3) is 0.929. The zero-order valence-corrected chi connectivity index (χ0v) is 11.0. The smallest absolute Gasteiger partial charge is 0.312 e. The highest BCUT2D eigenvalue weighted by molar-refractivity contribution is 5.76. The third-order valence-electron chi connectivity index (χ3n) is 4.86. The maximum absolute atomic E-state index is 12.1. The lowest BCUT2D eigenvalue weighted by atomic mass is 9.84. The van der Waals surface area contributed by atoms with Gasteiger partial charge in [0.05, 0.1) is 5.41 Å². The lowest BCUT2D eigenvalue weighted by Gasteiger charge is -2.36. The minimum absolute atomic E-state index is 0.00921. The monoisotopic (exact) mass is 224 g/mol. The van der Waals surface area contributed by atoms with Crippen molar-refractivity contribution in [2.45, 2.75) is 65.4 Å². The van der Waals surface area contributed by atoms with E-state index in [1.165, 1.54) is 19.3 Å². The van der Waals surface area contributed by atoms with E-state index in [0.29, 0.717) is 5.92 Å². The second-order valence-electron chi connectivity index (χ2n) is 6.52. The standard InChI is InChI=1S/C14H24O2/c1-5-13(2,3)12(15)16-14(4)9-10-6-7-11(14)8-10/h10-11H,5-9H2,1-4H3/t10-,11+,14+/m0/s1. The number of hydrogen-bond acceptors (Lipinski definition) is 2. The van der Waals surface area contributed by atoms with Crippen molar-refractivity contribution in [1.29, 1.82) is 0 Å². The Morgan fingerprint density at radius 1 is 1.44 bits per heavy atom. The van der Waals surface area contributed by atoms with Crippen LogP contribution in [0.5, 0.6) is 0 Å². The molecule has 2 bridgehead atoms. The van der Waals surface area contributed by atoms with Gasteiger partial charge in [0.25, 0.3) is 0 Å². The van der Waals surface area contributed by atoms with E-state index in [0.717, 1.165) is 18.8 Å². The Hall–Kier alpha value is -0.530. The molecule has 0 unspecified atom stereocenters. The van der Waals surface area contributed by atoms with E-state index < -0.39 is 0 Å². The van der Waals surface area contributed by atoms with Crippen LogP contribution >= 0.6 is 0 Å². The first kappa shape index (κ1) is 11.9. The van der Waals surface area contributed by atoms with Gasteiger partial charge in [-0.3, -0.25) is 4.79 Å². The average Bonchev–Trinajstić information content (AvgIpc) is 2.76. The van der Waals surface area contributed by atoms with Crippen molar-refractivity contribution >= 4 is 5.97 Å². The minimum atomic E-state index is -0.329. The molecule has 0 spiro atoms. The van der Waals surface area contributed by atoms with Gasteiger partial charge in [0.2, 0.25) is 0 Å². The number of hydrogen-bond donors (Lipinski definition) is 0. The van der Waals surface area contributed by atoms with Crippen LogP contribution in [-0.2, 0) is 9.53 Å². The molecule has 0 aromatic rings. The molecule has 3 atom stereocenters. The Morgan fingerprint density at radius 2 is 2.12 bits per heavy atom. The average molecular weight is 224 g/mol. The van der Waals surface area contributed by atoms with Gasteiger partial charge in [0, 0.05) is 0 Å². The molecule has 16 heavy (non-hydrogen) atoms. The first-order valence-electron chi connectivity index (χ1n) is 6.61. The number of fused-ring (bicyclic) bond motifs is 2. The Balaban J connectivity index is 2.02. The highest BCUT2D eigenvalue weighted by atomic mass is 16.6. The van der Waals surface area contributed by atoms with Crippen LogP contribution in [0.15, 0.2) is 0 Å². The fourth-order valence-electron chi connectivity index (χ4n) is 3.17. The van der Waals surface area contributed by atoms with E-state index in [-0.39, 0.29) is 17.0 Å². The summed E-state index contributed by atoms with van der Waals surface area (Å²) in [7, 11) is 0. The summed E-state index contributed by atoms with van der Waals surface area (Å²) in [4.78, 5) is 12.1. The summed E-state index contributed by atoms with van der Waals surface area (Å²) in [6.45, 7) is 8.14. The molecular weight excluding hydrogens is 200 g/mol. The first-order valence-corrected chi connectivity index (χ1v) is 6.61. The molecule has 92 valence electrons. The van der Waals surface area contributed by atoms with Gasteiger partial charge in [-0.1, -0.05) is 6.92 Å². The predicted octanol–water partition coefficient (Wildman–Crippen LogP) is 3.54. The van der Waals surface area contributed by atoms with Crippen molar-refractivity contribution in [2.24, 2.45) is 17.3 Å². The van der Waals surface area contributed by atoms with Crippen LogP contribution in [0.25, 0.3) is 0 Å². The summed E-state index contributed by atoms with van der Waals surface area (Å²) >= 11 is 0. The van der Waals surface area contributed by atoms with E-state index in [4.69, 9.17) is 4.74 Å². The van der Waals surface area contributed by atoms with Crippen molar-refractivity contribution in [3.05, 3.63) is 0 Å². The quantitative estimate of drug-likeness (QED) is 0.685. The van der Waals surface area contributed by atoms with E-state index in [1.807, 2.05) is 20.8 Å². The highest BCUT2D eigenvalue weighted by Crippen LogP contribution is 2.52. The van der Waals surface area contributed by atoms with Gasteiger partial charge in [-0.15, -0.1) is 0 Å². The molecule has 0 aliphatic heterocycles. The molecule has 2 saturated carbocycles. The van der Waals surface area contributed by atoms with Crippen LogP contribution in [0.4, 0.5) is 0 Å². The van der Waals surface area contributed by atoms with E-state index in [9.17, 15) is 4.79 Å². The highest BCUT2D eigenvalue weighted by Gasteiger charge is 2.51. The van der Waals surface area contributed by atoms with Gasteiger partial charge < -0.3 is 4.74 Å². The number of carbonyl (C=O) groups is 1. The summed E-state index contributed by atoms with van der Waals surface area (Å²) in [5, 5.41) is 0. The van der Waals surface area contributed by atoms with Gasteiger partial charge in [0.15, 0.2) is 0 Å². The molecule has 0 aromatic heterocycles. The van der Waals surface area contributed by atoms with E-state index in [2.05, 4.69) is 6.92 Å². The predicted molar refractivity (Wildman–Crippen MR) is 64.0 cm³/mol. The fourth-order valence-corrected chi connectivity index (χ4v) is 3.17. The molecule has 2 rings (SSSR count). The van der Waals surface area contributed by atoms with Crippen molar-refractivity contribution in [3.63, 3.8) is 0 Å². The van der Waals surface area contributed by atoms with Crippen molar-refractivity contribution in [3.8, 4) is 0 Å². The Morgan fingerprint density at radius 3 is 2.56 bits per heavy atom. The summed E-state index contributed by atoms with van der Waals surface area (Å²) < 4.78 is 5.85. The summed E-state index contributed by atoms with van der Waals surface area (Å²) in [6, 6.07) is 0. The molecular formula is C14H24O2. The van der Waals surface area contributed by atoms with Crippen molar-refractivity contribution in [2.75, 3.05) is 0 Å². The SMILES string of the molecule is CCC(C)(C)C(=O)O[C@]1(C)C[C@H]2CC[C@@H]1C2. The van der Waals surface area contributed by atoms with Crippen molar-refractivity contribution in [1.82, 2.24) is 0 Å². The third kappa shape index (κ3) is 1.87. The molecule has 0 N–H and O–H groups in total. The third-order valence-corrected chi connectivity index (χ3v) is 4.86. The van der Waals surface area contributed by atoms with Gasteiger partial charge >= 0.3 is 5.97 Å². The summed E-state index contributed by atoms with van der Waals surface area (Å²) in [6.07, 6.45) is 5.80. The zero-order valence-electron chi connectivity index (χ0n) is 11.0. The summed E-state index contributed by atoms with van der Waals surface area (Å²) in [5.41, 5.74) is -0.489. The summed E-state index contributed by atoms with van der Waals surface area (Å²) in [5.74, 6) is 1.42. The van der Waals surface area contributed by atoms with Crippen LogP contribution in [0.2, 0.25) is 0 Å². The largest absolute Gasteiger partial charge is 0.459 e. The van der Waals surface area contributed by atoms with Gasteiger partial charge in [-0.2, -0.15) is 0 Å². The Bertz CT molecular complexity index is 295. The second-order valence-corrected chi connectivity index (χ2v) is 6.52. The lowest BCUT2D eigenvalue weighted by molar-refractivity contribution is -0.174. The van der Waals surface area contributed by atoms with Crippen LogP contribution in [0, 0.1) is 17.3 Å². The second kappa shape index (κ2) is 3.75. The number of ether oxygens (including phenoxy) is 1. The molecule has 2 nitrogen and oxygen atoms in total. The van der Waals surface area contributed by atoms with Crippen LogP contribution in [-0.4, -0.2) is 11.6 Å². The first-order chi connectivity index (χ1) is 7.37. The molecule has 0 amide bonds. The molecule has 2 heteroatoms. The van der Waals surface area contributed by atoms with Crippen molar-refractivity contribution < 1.29 is 9.53 Å². The molecule has 2 aliphatic rings. The Kier molecular flexibility index (Phi) is 2.80. The topological polar surface area (TPSA) is 26.3 Å². The van der Waals surface area contributed by atoms with Gasteiger partial charge in [-0.05, 0) is 64.7 Å². The number of esters is 1. The molecule has 0 heterocycles. The molecule has 0 saturated heterocycles. The number of rotatable bonds is 3. The minimum Gasteiger partial charge on any atom is -0.459 e. The Labute approximate surface area is 98.7 Å². The maximum atomic E-state index is 12.1. The zero-order chi connectivity index (χ0) is 12.0. The van der Waals surface area contributed by atoms with Gasteiger partial charge in [0.1, 0.15) is 5.60 Å². The van der Waals surface area contributed by atoms with Crippen LogP contribution in [0.3, 0.4) is 0 Å². The molecule has 2 fully saturated rings. The molecule has 0 aromatic carbocycles. The van der Waals surface area contributed by atoms with Crippen LogP contribution in [0.1, 0.15) is 59.8 Å². The van der Waals surface area contributed by atoms with Crippen LogP contribution < -0.4 is 0 Å². The van der Waals surface area contributed by atoms with E-state index in [1.54, 1.807) is 0 Å². The van der Waals surface area contributed by atoms with Gasteiger partial charge in [-0.25, -0.2) is 0 Å². The molecule has 0 radical (unpaired) electrons.